The molecule has 1 aliphatic heterocycles. The predicted molar refractivity (Wildman–Crippen MR) is 120 cm³/mol. The number of halogens is 1. The smallest absolute Gasteiger partial charge is 0.128 e. The van der Waals surface area contributed by atoms with Crippen molar-refractivity contribution in [2.45, 2.75) is 58.3 Å². The van der Waals surface area contributed by atoms with E-state index in [1.807, 2.05) is 12.4 Å². The molecular weight excluding hydrogens is 384 g/mol. The Balaban J connectivity index is 0.00000240. The maximum atomic E-state index is 4.72. The molecule has 160 valence electrons. The zero-order chi connectivity index (χ0) is 19.7. The van der Waals surface area contributed by atoms with Crippen LogP contribution in [0, 0.1) is 5.41 Å². The maximum absolute atomic E-state index is 4.72. The lowest BCUT2D eigenvalue weighted by molar-refractivity contribution is 0.182. The van der Waals surface area contributed by atoms with Crippen molar-refractivity contribution in [2.24, 2.45) is 12.5 Å². The number of nitrogens with zero attached hydrogens (tertiary/aromatic N) is 5. The van der Waals surface area contributed by atoms with Crippen molar-refractivity contribution in [3.05, 3.63) is 42.1 Å². The van der Waals surface area contributed by atoms with Crippen molar-refractivity contribution in [2.75, 3.05) is 25.0 Å². The lowest BCUT2D eigenvalue weighted by Crippen LogP contribution is -2.36. The molecule has 4 rings (SSSR count). The largest absolute Gasteiger partial charge is 0.357 e. The van der Waals surface area contributed by atoms with Gasteiger partial charge in [0.1, 0.15) is 11.6 Å². The summed E-state index contributed by atoms with van der Waals surface area (Å²) < 4.78 is 2.14. The third kappa shape index (κ3) is 4.76. The van der Waals surface area contributed by atoms with Gasteiger partial charge in [-0.2, -0.15) is 0 Å². The fourth-order valence-electron chi connectivity index (χ4n) is 4.53. The number of hydrogen-bond acceptors (Lipinski definition) is 5. The molecule has 1 aliphatic carbocycles. The van der Waals surface area contributed by atoms with Gasteiger partial charge in [0.25, 0.3) is 0 Å². The van der Waals surface area contributed by atoms with E-state index in [0.29, 0.717) is 17.5 Å². The highest BCUT2D eigenvalue weighted by Crippen LogP contribution is 2.56. The molecule has 1 N–H and O–H groups in total. The molecule has 0 radical (unpaired) electrons. The highest BCUT2D eigenvalue weighted by Gasteiger charge is 2.56. The molecule has 1 unspecified atom stereocenters. The molecule has 3 heterocycles. The summed E-state index contributed by atoms with van der Waals surface area (Å²) in [7, 11) is 4.19. The number of piperidine rings is 1. The summed E-state index contributed by atoms with van der Waals surface area (Å²) in [5.74, 6) is 2.18. The number of nitrogens with one attached hydrogen (secondary N) is 1. The second-order valence-corrected chi connectivity index (χ2v) is 8.92. The number of anilines is 1. The van der Waals surface area contributed by atoms with Crippen LogP contribution in [0.1, 0.15) is 44.5 Å². The highest BCUT2D eigenvalue weighted by atomic mass is 35.5. The van der Waals surface area contributed by atoms with Gasteiger partial charge in [0, 0.05) is 51.3 Å². The SMILES string of the molecule is CC(C)N(C)c1ccc(CN(Cc2nccn2C)C2CC23CCNCC3)cn1.Cl. The van der Waals surface area contributed by atoms with Crippen molar-refractivity contribution in [3.63, 3.8) is 0 Å². The first-order chi connectivity index (χ1) is 13.5. The van der Waals surface area contributed by atoms with E-state index in [-0.39, 0.29) is 12.4 Å². The molecule has 0 aromatic carbocycles. The molecule has 1 saturated carbocycles. The second kappa shape index (κ2) is 9.02. The fourth-order valence-corrected chi connectivity index (χ4v) is 4.53. The van der Waals surface area contributed by atoms with Crippen molar-refractivity contribution in [3.8, 4) is 0 Å². The van der Waals surface area contributed by atoms with Crippen LogP contribution in [0.5, 0.6) is 0 Å². The molecule has 6 nitrogen and oxygen atoms in total. The van der Waals surface area contributed by atoms with Crippen molar-refractivity contribution >= 4 is 18.2 Å². The van der Waals surface area contributed by atoms with Crippen molar-refractivity contribution < 1.29 is 0 Å². The van der Waals surface area contributed by atoms with Crippen LogP contribution in [0.2, 0.25) is 0 Å². The lowest BCUT2D eigenvalue weighted by Gasteiger charge is -2.29. The Morgan fingerprint density at radius 3 is 2.55 bits per heavy atom. The maximum Gasteiger partial charge on any atom is 0.128 e. The molecule has 2 aromatic rings. The van der Waals surface area contributed by atoms with Gasteiger partial charge in [-0.3, -0.25) is 4.90 Å². The predicted octanol–water partition coefficient (Wildman–Crippen LogP) is 3.23. The van der Waals surface area contributed by atoms with Crippen molar-refractivity contribution in [1.82, 2.24) is 24.8 Å². The van der Waals surface area contributed by atoms with Crippen LogP contribution in [0.3, 0.4) is 0 Å². The topological polar surface area (TPSA) is 49.2 Å². The number of aromatic nitrogens is 3. The lowest BCUT2D eigenvalue weighted by atomic mass is 9.93. The van der Waals surface area contributed by atoms with E-state index in [4.69, 9.17) is 4.98 Å². The van der Waals surface area contributed by atoms with E-state index in [2.05, 4.69) is 70.9 Å². The third-order valence-corrected chi connectivity index (χ3v) is 6.78. The van der Waals surface area contributed by atoms with Gasteiger partial charge in [0.05, 0.1) is 6.54 Å². The zero-order valence-electron chi connectivity index (χ0n) is 18.1. The summed E-state index contributed by atoms with van der Waals surface area (Å²) in [5, 5.41) is 3.52. The minimum absolute atomic E-state index is 0. The Bertz CT molecular complexity index is 781. The minimum Gasteiger partial charge on any atom is -0.357 e. The number of aryl methyl sites for hydroxylation is 1. The molecule has 0 bridgehead atoms. The van der Waals surface area contributed by atoms with E-state index in [1.54, 1.807) is 0 Å². The van der Waals surface area contributed by atoms with E-state index in [0.717, 1.165) is 37.8 Å². The average Bonchev–Trinajstić information content (AvgIpc) is 3.22. The van der Waals surface area contributed by atoms with Crippen LogP contribution in [-0.4, -0.2) is 51.7 Å². The van der Waals surface area contributed by atoms with E-state index in [9.17, 15) is 0 Å². The molecule has 7 heteroatoms. The van der Waals surface area contributed by atoms with Crippen LogP contribution >= 0.6 is 12.4 Å². The monoisotopic (exact) mass is 418 g/mol. The Morgan fingerprint density at radius 2 is 1.97 bits per heavy atom. The Morgan fingerprint density at radius 1 is 1.21 bits per heavy atom. The van der Waals surface area contributed by atoms with Crippen LogP contribution in [0.15, 0.2) is 30.7 Å². The molecule has 1 spiro atoms. The average molecular weight is 419 g/mol. The van der Waals surface area contributed by atoms with Gasteiger partial charge in [-0.1, -0.05) is 6.07 Å². The highest BCUT2D eigenvalue weighted by molar-refractivity contribution is 5.85. The number of rotatable bonds is 7. The van der Waals surface area contributed by atoms with Gasteiger partial charge in [0.2, 0.25) is 0 Å². The van der Waals surface area contributed by atoms with Crippen LogP contribution in [0.25, 0.3) is 0 Å². The van der Waals surface area contributed by atoms with Gasteiger partial charge in [-0.05, 0) is 63.2 Å². The van der Waals surface area contributed by atoms with Gasteiger partial charge in [0.15, 0.2) is 0 Å². The molecule has 2 aliphatic rings. The Kier molecular flexibility index (Phi) is 6.87. The summed E-state index contributed by atoms with van der Waals surface area (Å²) in [6.07, 6.45) is 9.91. The first-order valence-electron chi connectivity index (χ1n) is 10.6. The Hall–Kier alpha value is -1.63. The van der Waals surface area contributed by atoms with E-state index >= 15 is 0 Å². The summed E-state index contributed by atoms with van der Waals surface area (Å²) >= 11 is 0. The summed E-state index contributed by atoms with van der Waals surface area (Å²) in [4.78, 5) is 14.1. The molecular formula is C22H35ClN6. The molecule has 29 heavy (non-hydrogen) atoms. The summed E-state index contributed by atoms with van der Waals surface area (Å²) in [6, 6.07) is 5.50. The molecule has 2 aromatic heterocycles. The zero-order valence-corrected chi connectivity index (χ0v) is 19.0. The quantitative estimate of drug-likeness (QED) is 0.748. The normalized spacial score (nSPS) is 20.1. The minimum atomic E-state index is 0. The first kappa shape index (κ1) is 22.1. The van der Waals surface area contributed by atoms with Gasteiger partial charge in [-0.25, -0.2) is 9.97 Å². The third-order valence-electron chi connectivity index (χ3n) is 6.78. The fraction of sp³-hybridized carbons (Fsp3) is 0.636. The van der Waals surface area contributed by atoms with Crippen LogP contribution in [-0.2, 0) is 20.1 Å². The first-order valence-corrected chi connectivity index (χ1v) is 10.6. The van der Waals surface area contributed by atoms with Gasteiger partial charge >= 0.3 is 0 Å². The molecule has 1 atom stereocenters. The number of imidazole rings is 1. The van der Waals surface area contributed by atoms with Gasteiger partial charge < -0.3 is 14.8 Å². The number of hydrogen-bond donors (Lipinski definition) is 1. The molecule has 2 fully saturated rings. The van der Waals surface area contributed by atoms with Crippen LogP contribution in [0.4, 0.5) is 5.82 Å². The van der Waals surface area contributed by atoms with Gasteiger partial charge in [-0.15, -0.1) is 12.4 Å². The molecule has 1 saturated heterocycles. The van der Waals surface area contributed by atoms with E-state index in [1.165, 1.54) is 24.8 Å². The Labute approximate surface area is 181 Å². The van der Waals surface area contributed by atoms with Crippen molar-refractivity contribution in [1.29, 1.82) is 0 Å². The summed E-state index contributed by atoms with van der Waals surface area (Å²) in [6.45, 7) is 8.53. The molecule has 0 amide bonds. The van der Waals surface area contributed by atoms with Crippen LogP contribution < -0.4 is 10.2 Å². The van der Waals surface area contributed by atoms with E-state index < -0.39 is 0 Å². The summed E-state index contributed by atoms with van der Waals surface area (Å²) in [5.41, 5.74) is 1.80. The number of pyridine rings is 1. The standard InChI is InChI=1S/C22H34N6.ClH/c1-17(2)27(4)20-6-5-18(14-25-20)15-28(16-21-24-11-12-26(21)3)19-13-22(19)7-9-23-10-8-22;/h5-6,11-12,14,17,19,23H,7-10,13,15-16H2,1-4H3;1H. The second-order valence-electron chi connectivity index (χ2n) is 8.92.